The predicted molar refractivity (Wildman–Crippen MR) is 88.1 cm³/mol. The Morgan fingerprint density at radius 2 is 1.62 bits per heavy atom. The number of hydrogen-bond donors (Lipinski definition) is 1. The second kappa shape index (κ2) is 7.13. The highest BCUT2D eigenvalue weighted by atomic mass is 16.2. The Kier molecular flexibility index (Phi) is 5.70. The monoisotopic (exact) mass is 294 g/mol. The fraction of sp³-hybridized carbons (Fsp3) is 0.944. The van der Waals surface area contributed by atoms with Gasteiger partial charge in [0, 0.05) is 19.5 Å². The number of amides is 1. The highest BCUT2D eigenvalue weighted by Gasteiger charge is 2.33. The standard InChI is InChI=1S/C18H34N2O/c1-18(2,3)16-7-5-15(6-8-16)17(21)20(4)13-14-9-11-19-12-10-14/h14-16,19H,5-13H2,1-4H3. The van der Waals surface area contributed by atoms with Crippen LogP contribution in [0.25, 0.3) is 0 Å². The number of nitrogens with one attached hydrogen (secondary N) is 1. The van der Waals surface area contributed by atoms with Crippen LogP contribution in [0.4, 0.5) is 0 Å². The summed E-state index contributed by atoms with van der Waals surface area (Å²) in [5.41, 5.74) is 0.398. The van der Waals surface area contributed by atoms with E-state index in [1.165, 1.54) is 25.7 Å². The fourth-order valence-electron chi connectivity index (χ4n) is 4.06. The average molecular weight is 294 g/mol. The van der Waals surface area contributed by atoms with Crippen molar-refractivity contribution in [1.82, 2.24) is 10.2 Å². The van der Waals surface area contributed by atoms with Crippen LogP contribution < -0.4 is 5.32 Å². The highest BCUT2D eigenvalue weighted by Crippen LogP contribution is 2.40. The average Bonchev–Trinajstić information content (AvgIpc) is 2.46. The Hall–Kier alpha value is -0.570. The lowest BCUT2D eigenvalue weighted by atomic mass is 9.69. The minimum atomic E-state index is 0.287. The topological polar surface area (TPSA) is 32.3 Å². The lowest BCUT2D eigenvalue weighted by Gasteiger charge is -2.38. The van der Waals surface area contributed by atoms with Crippen LogP contribution in [0.5, 0.6) is 0 Å². The van der Waals surface area contributed by atoms with E-state index in [2.05, 4.69) is 26.1 Å². The molecule has 0 spiro atoms. The maximum absolute atomic E-state index is 12.6. The van der Waals surface area contributed by atoms with Gasteiger partial charge in [0.15, 0.2) is 0 Å². The van der Waals surface area contributed by atoms with Crippen LogP contribution in [0, 0.1) is 23.2 Å². The molecule has 0 aromatic carbocycles. The summed E-state index contributed by atoms with van der Waals surface area (Å²) in [7, 11) is 2.01. The van der Waals surface area contributed by atoms with E-state index in [1.807, 2.05) is 11.9 Å². The molecule has 2 aliphatic rings. The van der Waals surface area contributed by atoms with Crippen molar-refractivity contribution in [3.8, 4) is 0 Å². The smallest absolute Gasteiger partial charge is 0.225 e. The van der Waals surface area contributed by atoms with E-state index in [9.17, 15) is 4.79 Å². The zero-order valence-electron chi connectivity index (χ0n) is 14.5. The molecule has 1 N–H and O–H groups in total. The third-order valence-corrected chi connectivity index (χ3v) is 5.67. The van der Waals surface area contributed by atoms with Crippen molar-refractivity contribution in [1.29, 1.82) is 0 Å². The van der Waals surface area contributed by atoms with Gasteiger partial charge >= 0.3 is 0 Å². The van der Waals surface area contributed by atoms with Crippen molar-refractivity contribution >= 4 is 5.91 Å². The fourth-order valence-corrected chi connectivity index (χ4v) is 4.06. The van der Waals surface area contributed by atoms with Crippen molar-refractivity contribution in [2.75, 3.05) is 26.7 Å². The molecule has 0 bridgehead atoms. The van der Waals surface area contributed by atoms with E-state index in [0.29, 0.717) is 17.2 Å². The van der Waals surface area contributed by atoms with Crippen molar-refractivity contribution in [3.63, 3.8) is 0 Å². The second-order valence-corrected chi connectivity index (χ2v) is 8.33. The molecule has 3 heteroatoms. The van der Waals surface area contributed by atoms with E-state index in [-0.39, 0.29) is 5.92 Å². The van der Waals surface area contributed by atoms with Gasteiger partial charge in [0.2, 0.25) is 5.91 Å². The molecule has 0 aromatic heterocycles. The van der Waals surface area contributed by atoms with Gasteiger partial charge in [0.1, 0.15) is 0 Å². The maximum atomic E-state index is 12.6. The van der Waals surface area contributed by atoms with Crippen LogP contribution in [-0.4, -0.2) is 37.5 Å². The molecule has 0 radical (unpaired) electrons. The molecule has 3 nitrogen and oxygen atoms in total. The first-order valence-corrected chi connectivity index (χ1v) is 8.83. The van der Waals surface area contributed by atoms with Crippen LogP contribution >= 0.6 is 0 Å². The summed E-state index contributed by atoms with van der Waals surface area (Å²) in [5.74, 6) is 2.18. The first kappa shape index (κ1) is 16.8. The van der Waals surface area contributed by atoms with Gasteiger partial charge in [-0.15, -0.1) is 0 Å². The van der Waals surface area contributed by atoms with Gasteiger partial charge in [-0.2, -0.15) is 0 Å². The van der Waals surface area contributed by atoms with Gasteiger partial charge in [-0.25, -0.2) is 0 Å². The van der Waals surface area contributed by atoms with E-state index in [4.69, 9.17) is 0 Å². The summed E-state index contributed by atoms with van der Waals surface area (Å²) in [6.45, 7) is 10.2. The summed E-state index contributed by atoms with van der Waals surface area (Å²) in [5, 5.41) is 3.40. The number of rotatable bonds is 3. The Balaban J connectivity index is 1.78. The molecular weight excluding hydrogens is 260 g/mol. The van der Waals surface area contributed by atoms with Crippen molar-refractivity contribution in [2.24, 2.45) is 23.2 Å². The quantitative estimate of drug-likeness (QED) is 0.866. The van der Waals surface area contributed by atoms with Crippen LogP contribution in [0.3, 0.4) is 0 Å². The van der Waals surface area contributed by atoms with Crippen molar-refractivity contribution in [3.05, 3.63) is 0 Å². The molecule has 122 valence electrons. The normalized spacial score (nSPS) is 28.4. The van der Waals surface area contributed by atoms with E-state index in [0.717, 1.165) is 38.4 Å². The Morgan fingerprint density at radius 1 is 1.05 bits per heavy atom. The molecule has 0 atom stereocenters. The van der Waals surface area contributed by atoms with Gasteiger partial charge < -0.3 is 10.2 Å². The minimum Gasteiger partial charge on any atom is -0.345 e. The number of nitrogens with zero attached hydrogens (tertiary/aromatic N) is 1. The van der Waals surface area contributed by atoms with Gasteiger partial charge in [-0.1, -0.05) is 20.8 Å². The highest BCUT2D eigenvalue weighted by molar-refractivity contribution is 5.78. The summed E-state index contributed by atoms with van der Waals surface area (Å²) >= 11 is 0. The zero-order chi connectivity index (χ0) is 15.5. The number of carbonyl (C=O) groups is 1. The van der Waals surface area contributed by atoms with Gasteiger partial charge in [0.05, 0.1) is 0 Å². The second-order valence-electron chi connectivity index (χ2n) is 8.33. The molecule has 1 aliphatic carbocycles. The predicted octanol–water partition coefficient (Wildman–Crippen LogP) is 3.30. The van der Waals surface area contributed by atoms with Gasteiger partial charge in [-0.05, 0) is 68.9 Å². The lowest BCUT2D eigenvalue weighted by molar-refractivity contribution is -0.136. The molecule has 21 heavy (non-hydrogen) atoms. The number of piperidine rings is 1. The Bertz CT molecular complexity index is 334. The largest absolute Gasteiger partial charge is 0.345 e. The third kappa shape index (κ3) is 4.70. The SMILES string of the molecule is CN(CC1CCNCC1)C(=O)C1CCC(C(C)(C)C)CC1. The molecule has 1 aliphatic heterocycles. The zero-order valence-corrected chi connectivity index (χ0v) is 14.5. The molecule has 0 aromatic rings. The van der Waals surface area contributed by atoms with Crippen molar-refractivity contribution in [2.45, 2.75) is 59.3 Å². The summed E-state index contributed by atoms with van der Waals surface area (Å²) in [6, 6.07) is 0. The van der Waals surface area contributed by atoms with Crippen LogP contribution in [-0.2, 0) is 4.79 Å². The molecule has 1 saturated carbocycles. The minimum absolute atomic E-state index is 0.287. The van der Waals surface area contributed by atoms with Crippen molar-refractivity contribution < 1.29 is 4.79 Å². The Morgan fingerprint density at radius 3 is 2.14 bits per heavy atom. The van der Waals surface area contributed by atoms with E-state index < -0.39 is 0 Å². The van der Waals surface area contributed by atoms with Crippen LogP contribution in [0.1, 0.15) is 59.3 Å². The van der Waals surface area contributed by atoms with E-state index >= 15 is 0 Å². The van der Waals surface area contributed by atoms with Gasteiger partial charge in [0.25, 0.3) is 0 Å². The Labute approximate surface area is 130 Å². The molecule has 2 rings (SSSR count). The molecule has 1 saturated heterocycles. The van der Waals surface area contributed by atoms with Crippen LogP contribution in [0.15, 0.2) is 0 Å². The molecule has 2 fully saturated rings. The lowest BCUT2D eigenvalue weighted by Crippen LogP contribution is -2.41. The summed E-state index contributed by atoms with van der Waals surface area (Å²) in [4.78, 5) is 14.7. The van der Waals surface area contributed by atoms with Gasteiger partial charge in [-0.3, -0.25) is 4.79 Å². The first-order valence-electron chi connectivity index (χ1n) is 8.83. The summed E-state index contributed by atoms with van der Waals surface area (Å²) < 4.78 is 0. The molecular formula is C18H34N2O. The number of carbonyl (C=O) groups excluding carboxylic acids is 1. The maximum Gasteiger partial charge on any atom is 0.225 e. The first-order chi connectivity index (χ1) is 9.88. The molecule has 0 unspecified atom stereocenters. The third-order valence-electron chi connectivity index (χ3n) is 5.67. The molecule has 1 amide bonds. The number of hydrogen-bond acceptors (Lipinski definition) is 2. The van der Waals surface area contributed by atoms with E-state index in [1.54, 1.807) is 0 Å². The summed E-state index contributed by atoms with van der Waals surface area (Å²) in [6.07, 6.45) is 7.07. The molecule has 1 heterocycles. The van der Waals surface area contributed by atoms with Crippen LogP contribution in [0.2, 0.25) is 0 Å².